The van der Waals surface area contributed by atoms with Crippen molar-refractivity contribution in [3.05, 3.63) is 35.1 Å². The van der Waals surface area contributed by atoms with Crippen molar-refractivity contribution in [1.29, 1.82) is 0 Å². The Morgan fingerprint density at radius 3 is 2.68 bits per heavy atom. The molecule has 0 aliphatic carbocycles. The van der Waals surface area contributed by atoms with Gasteiger partial charge < -0.3 is 5.73 Å². The molecule has 0 spiro atoms. The monoisotopic (exact) mass is 262 g/mol. The molecule has 0 radical (unpaired) electrons. The normalized spacial score (nSPS) is 10.7. The van der Waals surface area contributed by atoms with E-state index in [1.54, 1.807) is 0 Å². The number of halogens is 1. The van der Waals surface area contributed by atoms with E-state index in [0.717, 1.165) is 30.8 Å². The van der Waals surface area contributed by atoms with E-state index in [9.17, 15) is 4.39 Å². The van der Waals surface area contributed by atoms with E-state index in [-0.39, 0.29) is 5.82 Å². The molecule has 0 aliphatic heterocycles. The molecule has 2 nitrogen and oxygen atoms in total. The van der Waals surface area contributed by atoms with Crippen molar-refractivity contribution >= 4 is 0 Å². The molecule has 0 heterocycles. The van der Waals surface area contributed by atoms with Crippen LogP contribution in [0.3, 0.4) is 0 Å². The summed E-state index contributed by atoms with van der Waals surface area (Å²) in [4.78, 5) is 2.34. The second kappa shape index (κ2) is 7.93. The smallest absolute Gasteiger partial charge is 0.124 e. The first-order valence-electron chi connectivity index (χ1n) is 6.76. The molecule has 1 rings (SSSR count). The largest absolute Gasteiger partial charge is 0.320 e. The molecule has 2 N–H and O–H groups in total. The van der Waals surface area contributed by atoms with Gasteiger partial charge in [-0.1, -0.05) is 38.7 Å². The van der Waals surface area contributed by atoms with Crippen molar-refractivity contribution < 1.29 is 4.39 Å². The second-order valence-corrected chi connectivity index (χ2v) is 5.03. The molecular formula is C16H23FN2. The van der Waals surface area contributed by atoms with Crippen LogP contribution in [0.5, 0.6) is 0 Å². The summed E-state index contributed by atoms with van der Waals surface area (Å²) in [5.74, 6) is 6.11. The maximum atomic E-state index is 13.3. The summed E-state index contributed by atoms with van der Waals surface area (Å²) in [7, 11) is 0. The highest BCUT2D eigenvalue weighted by atomic mass is 19.1. The van der Waals surface area contributed by atoms with Crippen molar-refractivity contribution in [3.63, 3.8) is 0 Å². The summed E-state index contributed by atoms with van der Waals surface area (Å²) in [6.45, 7) is 9.61. The highest BCUT2D eigenvalue weighted by molar-refractivity contribution is 5.41. The van der Waals surface area contributed by atoms with E-state index in [4.69, 9.17) is 5.73 Å². The Morgan fingerprint density at radius 2 is 2.11 bits per heavy atom. The Morgan fingerprint density at radius 1 is 1.37 bits per heavy atom. The van der Waals surface area contributed by atoms with E-state index in [2.05, 4.69) is 37.5 Å². The van der Waals surface area contributed by atoms with Gasteiger partial charge in [0.15, 0.2) is 0 Å². The van der Waals surface area contributed by atoms with Crippen LogP contribution in [0.15, 0.2) is 18.2 Å². The molecule has 0 atom stereocenters. The van der Waals surface area contributed by atoms with Crippen molar-refractivity contribution in [3.8, 4) is 11.8 Å². The van der Waals surface area contributed by atoms with Gasteiger partial charge in [0.2, 0.25) is 0 Å². The molecule has 0 aliphatic rings. The average Bonchev–Trinajstić information content (AvgIpc) is 2.37. The van der Waals surface area contributed by atoms with E-state index < -0.39 is 0 Å². The zero-order chi connectivity index (χ0) is 14.3. The van der Waals surface area contributed by atoms with Gasteiger partial charge in [-0.2, -0.15) is 0 Å². The maximum absolute atomic E-state index is 13.3. The predicted octanol–water partition coefficient (Wildman–Crippen LogP) is 2.61. The Hall–Kier alpha value is -1.37. The molecule has 1 aromatic carbocycles. The van der Waals surface area contributed by atoms with Crippen LogP contribution in [0, 0.1) is 23.6 Å². The van der Waals surface area contributed by atoms with Gasteiger partial charge in [0.05, 0.1) is 6.54 Å². The third kappa shape index (κ3) is 5.42. The van der Waals surface area contributed by atoms with E-state index in [0.29, 0.717) is 12.5 Å². The van der Waals surface area contributed by atoms with Gasteiger partial charge in [-0.15, -0.1) is 0 Å². The number of rotatable bonds is 5. The number of hydrogen-bond acceptors (Lipinski definition) is 2. The minimum Gasteiger partial charge on any atom is -0.320 e. The number of nitrogens with zero attached hydrogens (tertiary/aromatic N) is 1. The van der Waals surface area contributed by atoms with Crippen molar-refractivity contribution in [2.24, 2.45) is 11.7 Å². The Labute approximate surface area is 115 Å². The maximum Gasteiger partial charge on any atom is 0.124 e. The molecule has 0 amide bonds. The zero-order valence-electron chi connectivity index (χ0n) is 12.0. The second-order valence-electron chi connectivity index (χ2n) is 5.03. The van der Waals surface area contributed by atoms with Crippen LogP contribution in [-0.4, -0.2) is 24.5 Å². The topological polar surface area (TPSA) is 29.3 Å². The molecule has 0 saturated heterocycles. The average molecular weight is 262 g/mol. The lowest BCUT2D eigenvalue weighted by Crippen LogP contribution is -2.27. The van der Waals surface area contributed by atoms with Gasteiger partial charge >= 0.3 is 0 Å². The first-order chi connectivity index (χ1) is 9.06. The number of benzene rings is 1. The van der Waals surface area contributed by atoms with Crippen LogP contribution in [0.1, 0.15) is 31.9 Å². The molecule has 104 valence electrons. The van der Waals surface area contributed by atoms with E-state index >= 15 is 0 Å². The molecular weight excluding hydrogens is 239 g/mol. The Bertz CT molecular complexity index is 458. The van der Waals surface area contributed by atoms with Gasteiger partial charge in [-0.05, 0) is 30.2 Å². The van der Waals surface area contributed by atoms with Crippen LogP contribution in [-0.2, 0) is 6.54 Å². The Balaban J connectivity index is 2.92. The molecule has 1 aromatic rings. The summed E-state index contributed by atoms with van der Waals surface area (Å²) >= 11 is 0. The zero-order valence-corrected chi connectivity index (χ0v) is 12.0. The van der Waals surface area contributed by atoms with Gasteiger partial charge in [0.1, 0.15) is 5.82 Å². The quantitative estimate of drug-likeness (QED) is 0.827. The molecule has 0 fully saturated rings. The number of nitrogens with two attached hydrogens (primary N) is 1. The molecule has 0 unspecified atom stereocenters. The molecule has 0 saturated carbocycles. The fourth-order valence-electron chi connectivity index (χ4n) is 2.01. The summed E-state index contributed by atoms with van der Waals surface area (Å²) in [5, 5.41) is 0. The van der Waals surface area contributed by atoms with Crippen molar-refractivity contribution in [2.45, 2.75) is 27.3 Å². The van der Waals surface area contributed by atoms with Crippen molar-refractivity contribution in [2.75, 3.05) is 19.6 Å². The van der Waals surface area contributed by atoms with Crippen LogP contribution in [0.2, 0.25) is 0 Å². The summed E-state index contributed by atoms with van der Waals surface area (Å²) in [6.07, 6.45) is 0. The lowest BCUT2D eigenvalue weighted by atomic mass is 10.1. The molecule has 0 bridgehead atoms. The van der Waals surface area contributed by atoms with Gasteiger partial charge in [0.25, 0.3) is 0 Å². The number of hydrogen-bond donors (Lipinski definition) is 1. The first kappa shape index (κ1) is 15.7. The highest BCUT2D eigenvalue weighted by Gasteiger charge is 2.09. The summed E-state index contributed by atoms with van der Waals surface area (Å²) in [5.41, 5.74) is 7.18. The third-order valence-corrected chi connectivity index (χ3v) is 2.86. The predicted molar refractivity (Wildman–Crippen MR) is 78.1 cm³/mol. The first-order valence-corrected chi connectivity index (χ1v) is 6.76. The van der Waals surface area contributed by atoms with Crippen LogP contribution >= 0.6 is 0 Å². The lowest BCUT2D eigenvalue weighted by Gasteiger charge is -2.23. The summed E-state index contributed by atoms with van der Waals surface area (Å²) in [6, 6.07) is 4.80. The van der Waals surface area contributed by atoms with Crippen LogP contribution in [0.4, 0.5) is 4.39 Å². The van der Waals surface area contributed by atoms with E-state index in [1.165, 1.54) is 12.1 Å². The van der Waals surface area contributed by atoms with Gasteiger partial charge in [-0.25, -0.2) is 4.39 Å². The lowest BCUT2D eigenvalue weighted by molar-refractivity contribution is 0.248. The minimum absolute atomic E-state index is 0.253. The fourth-order valence-corrected chi connectivity index (χ4v) is 2.01. The summed E-state index contributed by atoms with van der Waals surface area (Å²) < 4.78 is 13.3. The van der Waals surface area contributed by atoms with Gasteiger partial charge in [-0.3, -0.25) is 4.90 Å². The van der Waals surface area contributed by atoms with Gasteiger partial charge in [0, 0.05) is 18.7 Å². The van der Waals surface area contributed by atoms with E-state index in [1.807, 2.05) is 6.07 Å². The molecule has 0 aromatic heterocycles. The van der Waals surface area contributed by atoms with Crippen LogP contribution in [0.25, 0.3) is 0 Å². The highest BCUT2D eigenvalue weighted by Crippen LogP contribution is 2.14. The SMILES string of the molecule is CCN(Cc1ccc(F)cc1C#CCN)CC(C)C. The molecule has 3 heteroatoms. The van der Waals surface area contributed by atoms with Crippen molar-refractivity contribution in [1.82, 2.24) is 4.90 Å². The molecule has 19 heavy (non-hydrogen) atoms. The van der Waals surface area contributed by atoms with Crippen LogP contribution < -0.4 is 5.73 Å². The Kier molecular flexibility index (Phi) is 6.55. The third-order valence-electron chi connectivity index (χ3n) is 2.86. The standard InChI is InChI=1S/C16H23FN2/c1-4-19(11-13(2)3)12-15-7-8-16(17)10-14(15)6-5-9-18/h7-8,10,13H,4,9,11-12,18H2,1-3H3. The fraction of sp³-hybridized carbons (Fsp3) is 0.500. The minimum atomic E-state index is -0.253.